The van der Waals surface area contributed by atoms with E-state index in [1.165, 1.54) is 21.8 Å². The fraction of sp³-hybridized carbons (Fsp3) is 0. The number of rotatable bonds is 14. The minimum atomic E-state index is -0.0114. The van der Waals surface area contributed by atoms with Crippen molar-refractivity contribution in [1.29, 1.82) is 0 Å². The molecule has 11 rings (SSSR count). The minimum absolute atomic E-state index is 0.0114. The van der Waals surface area contributed by atoms with Crippen molar-refractivity contribution < 1.29 is 14.4 Å². The highest BCUT2D eigenvalue weighted by atomic mass is 16.1. The van der Waals surface area contributed by atoms with Gasteiger partial charge in [0, 0.05) is 28.2 Å². The molecule has 79 heavy (non-hydrogen) atoms. The lowest BCUT2D eigenvalue weighted by atomic mass is 10.1. The molecule has 0 aliphatic rings. The Labute approximate surface area is 463 Å². The van der Waals surface area contributed by atoms with E-state index in [4.69, 9.17) is 0 Å². The second-order valence-electron chi connectivity index (χ2n) is 17.8. The lowest BCUT2D eigenvalue weighted by Gasteiger charge is -2.09. The van der Waals surface area contributed by atoms with Crippen LogP contribution in [0.2, 0.25) is 0 Å². The van der Waals surface area contributed by atoms with Gasteiger partial charge >= 0.3 is 0 Å². The third-order valence-corrected chi connectivity index (χ3v) is 12.1. The maximum Gasteiger partial charge on any atom is 0.178 e. The normalized spacial score (nSPS) is 11.1. The van der Waals surface area contributed by atoms with Crippen molar-refractivity contribution in [3.63, 3.8) is 0 Å². The van der Waals surface area contributed by atoms with E-state index in [1.54, 1.807) is 36.5 Å². The molecule has 0 bridgehead atoms. The number of nitrogens with zero attached hydrogens (tertiary/aromatic N) is 2. The second kappa shape index (κ2) is 30.1. The number of fused-ring (bicyclic) bond motifs is 3. The lowest BCUT2D eigenvalue weighted by Crippen LogP contribution is -1.94. The average molecular weight is 1020 g/mol. The molecule has 0 radical (unpaired) electrons. The Morgan fingerprint density at radius 2 is 0.582 bits per heavy atom. The maximum absolute atomic E-state index is 11.6. The molecule has 0 fully saturated rings. The van der Waals surface area contributed by atoms with E-state index in [0.717, 1.165) is 50.3 Å². The number of hydrogen-bond donors (Lipinski definition) is 0. The van der Waals surface area contributed by atoms with Crippen LogP contribution >= 0.6 is 0 Å². The fourth-order valence-corrected chi connectivity index (χ4v) is 8.16. The Bertz CT molecular complexity index is 3380. The van der Waals surface area contributed by atoms with Gasteiger partial charge in [-0.15, -0.1) is 0 Å². The second-order valence-corrected chi connectivity index (χ2v) is 17.8. The molecule has 11 aromatic rings. The summed E-state index contributed by atoms with van der Waals surface area (Å²) in [4.78, 5) is 39.3. The van der Waals surface area contributed by atoms with E-state index >= 15 is 0 Å². The van der Waals surface area contributed by atoms with Gasteiger partial charge in [-0.1, -0.05) is 273 Å². The number of carbonyl (C=O) groups excluding carboxylic acids is 3. The summed E-state index contributed by atoms with van der Waals surface area (Å²) in [5.41, 5.74) is 11.9. The Morgan fingerprint density at radius 3 is 0.886 bits per heavy atom. The molecule has 0 aliphatic carbocycles. The van der Waals surface area contributed by atoms with Crippen molar-refractivity contribution >= 4 is 75.6 Å². The van der Waals surface area contributed by atoms with Gasteiger partial charge in [-0.2, -0.15) is 0 Å². The van der Waals surface area contributed by atoms with E-state index in [1.807, 2.05) is 243 Å². The standard InChI is InChI=1S/C23H16N2.3C17H14O/c1-3-13-22-19(10-1)20-11-2-4-14-23(20)25(22)18-9-7-8-17(16-18)21-12-5-6-15-24-21;3*18-17(13-11-15-7-3-1-4-8-15)14-12-16-9-5-2-6-10-16/h1-16H;3*1-14H. The van der Waals surface area contributed by atoms with Gasteiger partial charge in [-0.25, -0.2) is 0 Å². The monoisotopic (exact) mass is 1020 g/mol. The van der Waals surface area contributed by atoms with E-state index < -0.39 is 0 Å². The summed E-state index contributed by atoms with van der Waals surface area (Å²) in [5, 5.41) is 2.56. The Kier molecular flexibility index (Phi) is 20.8. The van der Waals surface area contributed by atoms with Crippen LogP contribution in [0.25, 0.3) is 75.2 Å². The number of benzene rings is 9. The van der Waals surface area contributed by atoms with Crippen molar-refractivity contribution in [3.05, 3.63) is 349 Å². The molecule has 0 aliphatic heterocycles. The highest BCUT2D eigenvalue weighted by Crippen LogP contribution is 2.33. The van der Waals surface area contributed by atoms with Gasteiger partial charge in [0.2, 0.25) is 0 Å². The van der Waals surface area contributed by atoms with Crippen LogP contribution in [0.5, 0.6) is 0 Å². The first-order valence-corrected chi connectivity index (χ1v) is 26.0. The number of hydrogen-bond acceptors (Lipinski definition) is 4. The molecule has 0 saturated carbocycles. The van der Waals surface area contributed by atoms with Crippen LogP contribution in [0.15, 0.2) is 316 Å². The molecule has 2 heterocycles. The van der Waals surface area contributed by atoms with E-state index in [-0.39, 0.29) is 17.3 Å². The number of aromatic nitrogens is 2. The van der Waals surface area contributed by atoms with Crippen molar-refractivity contribution in [3.8, 4) is 16.9 Å². The molecule has 0 atom stereocenters. The molecular formula is C74H58N2O3. The van der Waals surface area contributed by atoms with Gasteiger partial charge in [0.1, 0.15) is 0 Å². The zero-order valence-electron chi connectivity index (χ0n) is 43.6. The summed E-state index contributed by atoms with van der Waals surface area (Å²) >= 11 is 0. The number of para-hydroxylation sites is 2. The predicted octanol–water partition coefficient (Wildman–Crippen LogP) is 17.8. The maximum atomic E-state index is 11.6. The van der Waals surface area contributed by atoms with Gasteiger partial charge < -0.3 is 4.57 Å². The van der Waals surface area contributed by atoms with E-state index in [9.17, 15) is 14.4 Å². The third-order valence-electron chi connectivity index (χ3n) is 12.1. The molecule has 0 saturated heterocycles. The Morgan fingerprint density at radius 1 is 0.291 bits per heavy atom. The van der Waals surface area contributed by atoms with Crippen molar-refractivity contribution in [1.82, 2.24) is 9.55 Å². The first-order chi connectivity index (χ1) is 38.9. The molecule has 0 N–H and O–H groups in total. The molecule has 382 valence electrons. The first-order valence-electron chi connectivity index (χ1n) is 26.0. The summed E-state index contributed by atoms with van der Waals surface area (Å²) in [6, 6.07) is 90.4. The number of pyridine rings is 1. The van der Waals surface area contributed by atoms with Crippen LogP contribution < -0.4 is 0 Å². The third kappa shape index (κ3) is 17.8. The summed E-state index contributed by atoms with van der Waals surface area (Å²) in [6.07, 6.45) is 22.2. The van der Waals surface area contributed by atoms with E-state index in [2.05, 4.69) is 82.3 Å². The molecular weight excluding hydrogens is 965 g/mol. The van der Waals surface area contributed by atoms with Crippen LogP contribution in [-0.4, -0.2) is 26.9 Å². The topological polar surface area (TPSA) is 69.0 Å². The van der Waals surface area contributed by atoms with Crippen molar-refractivity contribution in [2.24, 2.45) is 0 Å². The zero-order valence-corrected chi connectivity index (χ0v) is 43.6. The summed E-state index contributed by atoms with van der Waals surface area (Å²) in [6.45, 7) is 0. The number of carbonyl (C=O) groups is 3. The molecule has 0 unspecified atom stereocenters. The molecule has 0 amide bonds. The lowest BCUT2D eigenvalue weighted by molar-refractivity contribution is -0.111. The molecule has 2 aromatic heterocycles. The average Bonchev–Trinajstić information content (AvgIpc) is 4.05. The van der Waals surface area contributed by atoms with Gasteiger partial charge in [0.05, 0.1) is 16.7 Å². The number of ketones is 3. The largest absolute Gasteiger partial charge is 0.309 e. The van der Waals surface area contributed by atoms with Crippen LogP contribution in [0, 0.1) is 0 Å². The first kappa shape index (κ1) is 54.6. The van der Waals surface area contributed by atoms with Gasteiger partial charge in [-0.05, 0) is 106 Å². The van der Waals surface area contributed by atoms with Crippen LogP contribution in [0.4, 0.5) is 0 Å². The number of allylic oxidation sites excluding steroid dienone is 6. The molecule has 0 spiro atoms. The highest BCUT2D eigenvalue weighted by Gasteiger charge is 2.12. The molecule has 9 aromatic carbocycles. The van der Waals surface area contributed by atoms with Crippen molar-refractivity contribution in [2.75, 3.05) is 0 Å². The quantitative estimate of drug-likeness (QED) is 0.102. The predicted molar refractivity (Wildman–Crippen MR) is 332 cm³/mol. The van der Waals surface area contributed by atoms with E-state index in [0.29, 0.717) is 0 Å². The van der Waals surface area contributed by atoms with Crippen LogP contribution in [0.3, 0.4) is 0 Å². The minimum Gasteiger partial charge on any atom is -0.309 e. The Hall–Kier alpha value is -10.6. The van der Waals surface area contributed by atoms with Crippen LogP contribution in [0.1, 0.15) is 33.4 Å². The fourth-order valence-electron chi connectivity index (χ4n) is 8.16. The molecule has 5 heteroatoms. The Balaban J connectivity index is 0.000000141. The van der Waals surface area contributed by atoms with Crippen molar-refractivity contribution in [2.45, 2.75) is 0 Å². The summed E-state index contributed by atoms with van der Waals surface area (Å²) in [7, 11) is 0. The summed E-state index contributed by atoms with van der Waals surface area (Å²) in [5.74, 6) is -0.0341. The smallest absolute Gasteiger partial charge is 0.178 e. The molecule has 5 nitrogen and oxygen atoms in total. The van der Waals surface area contributed by atoms with Crippen LogP contribution in [-0.2, 0) is 14.4 Å². The van der Waals surface area contributed by atoms with Gasteiger partial charge in [0.15, 0.2) is 17.3 Å². The SMILES string of the molecule is O=C(C=Cc1ccccc1)C=Cc1ccccc1.O=C(C=Cc1ccccc1)C=Cc1ccccc1.O=C(C=Cc1ccccc1)C=Cc1ccccc1.c1ccc(-c2cccc(-n3c4ccccc4c4ccccc43)c2)nc1. The summed E-state index contributed by atoms with van der Waals surface area (Å²) < 4.78 is 2.33. The van der Waals surface area contributed by atoms with Gasteiger partial charge in [-0.3, -0.25) is 19.4 Å². The zero-order chi connectivity index (χ0) is 54.5. The highest BCUT2D eigenvalue weighted by molar-refractivity contribution is 6.09. The van der Waals surface area contributed by atoms with Gasteiger partial charge in [0.25, 0.3) is 0 Å².